The van der Waals surface area contributed by atoms with E-state index < -0.39 is 0 Å². The van der Waals surface area contributed by atoms with E-state index in [1.54, 1.807) is 0 Å². The summed E-state index contributed by atoms with van der Waals surface area (Å²) >= 11 is 0. The van der Waals surface area contributed by atoms with Gasteiger partial charge in [0.2, 0.25) is 0 Å². The minimum atomic E-state index is 0.420. The Hall–Kier alpha value is -3.82. The normalized spacial score (nSPS) is 26.6. The van der Waals surface area contributed by atoms with Gasteiger partial charge in [-0.3, -0.25) is 4.90 Å². The molecule has 0 amide bonds. The summed E-state index contributed by atoms with van der Waals surface area (Å²) < 4.78 is 0. The van der Waals surface area contributed by atoms with Gasteiger partial charge in [0.15, 0.2) is 0 Å². The Labute approximate surface area is 285 Å². The van der Waals surface area contributed by atoms with Crippen LogP contribution in [0.4, 0.5) is 11.6 Å². The third-order valence-electron chi connectivity index (χ3n) is 11.3. The van der Waals surface area contributed by atoms with Crippen LogP contribution in [0.5, 0.6) is 0 Å². The van der Waals surface area contributed by atoms with E-state index in [0.717, 1.165) is 72.4 Å². The van der Waals surface area contributed by atoms with E-state index in [-0.39, 0.29) is 0 Å². The molecule has 0 radical (unpaired) electrons. The molecule has 1 saturated carbocycles. The van der Waals surface area contributed by atoms with Crippen LogP contribution in [0.2, 0.25) is 0 Å². The van der Waals surface area contributed by atoms with Gasteiger partial charge in [0.1, 0.15) is 11.6 Å². The maximum absolute atomic E-state index is 6.29. The van der Waals surface area contributed by atoms with Gasteiger partial charge in [0, 0.05) is 61.5 Å². The van der Waals surface area contributed by atoms with Gasteiger partial charge in [-0.2, -0.15) is 0 Å². The van der Waals surface area contributed by atoms with Crippen molar-refractivity contribution in [1.29, 1.82) is 0 Å². The Morgan fingerprint density at radius 2 is 1.06 bits per heavy atom. The van der Waals surface area contributed by atoms with Crippen LogP contribution in [0.25, 0.3) is 22.5 Å². The van der Waals surface area contributed by atoms with Crippen LogP contribution in [-0.4, -0.2) is 70.1 Å². The zero-order valence-corrected chi connectivity index (χ0v) is 28.1. The number of fused-ring (bicyclic) bond motifs is 4. The predicted molar refractivity (Wildman–Crippen MR) is 197 cm³/mol. The van der Waals surface area contributed by atoms with Gasteiger partial charge in [-0.05, 0) is 98.6 Å². The van der Waals surface area contributed by atoms with E-state index in [1.165, 1.54) is 62.7 Å². The molecule has 3 saturated heterocycles. The number of pyridine rings is 2. The zero-order valence-electron chi connectivity index (χ0n) is 28.1. The van der Waals surface area contributed by atoms with Gasteiger partial charge < -0.3 is 27.8 Å². The molecule has 4 unspecified atom stereocenters. The minimum absolute atomic E-state index is 0.420. The number of nitrogens with two attached hydrogens (primary N) is 4. The second-order valence-corrected chi connectivity index (χ2v) is 14.6. The summed E-state index contributed by atoms with van der Waals surface area (Å²) in [5.74, 6) is 2.58. The number of aromatic nitrogens is 2. The molecule has 3 aliphatic heterocycles. The fraction of sp³-hybridized carbons (Fsp3) is 0.450. The van der Waals surface area contributed by atoms with E-state index in [1.807, 2.05) is 36.4 Å². The molecule has 4 fully saturated rings. The number of nitrogen functional groups attached to an aromatic ring is 2. The van der Waals surface area contributed by atoms with Crippen LogP contribution < -0.4 is 22.9 Å². The lowest BCUT2D eigenvalue weighted by molar-refractivity contribution is 0.129. The van der Waals surface area contributed by atoms with E-state index in [2.05, 4.69) is 68.3 Å². The highest BCUT2D eigenvalue weighted by molar-refractivity contribution is 5.62. The molecule has 8 heteroatoms. The maximum Gasteiger partial charge on any atom is 0.124 e. The minimum Gasteiger partial charge on any atom is -0.384 e. The molecule has 1 aliphatic carbocycles. The van der Waals surface area contributed by atoms with E-state index >= 15 is 0 Å². The number of benzene rings is 2. The predicted octanol–water partition coefficient (Wildman–Crippen LogP) is 5.37. The van der Waals surface area contributed by atoms with Crippen LogP contribution in [0.1, 0.15) is 49.7 Å². The molecule has 2 aromatic heterocycles. The Morgan fingerprint density at radius 3 is 1.54 bits per heavy atom. The lowest BCUT2D eigenvalue weighted by Crippen LogP contribution is -2.49. The first-order valence-corrected chi connectivity index (χ1v) is 18.0. The van der Waals surface area contributed by atoms with Gasteiger partial charge in [-0.15, -0.1) is 0 Å². The van der Waals surface area contributed by atoms with Crippen LogP contribution in [0, 0.1) is 11.8 Å². The second kappa shape index (κ2) is 14.7. The molecule has 5 heterocycles. The number of likely N-dealkylation sites (tertiary alicyclic amines) is 1. The molecular weight excluding hydrogens is 592 g/mol. The van der Waals surface area contributed by atoms with Crippen LogP contribution in [-0.2, 0) is 12.8 Å². The topological polar surface area (TPSA) is 136 Å². The van der Waals surface area contributed by atoms with Crippen molar-refractivity contribution in [3.05, 3.63) is 96.1 Å². The molecular formula is C40H52N8. The van der Waals surface area contributed by atoms with Crippen LogP contribution in [0.3, 0.4) is 0 Å². The summed E-state index contributed by atoms with van der Waals surface area (Å²) in [6.45, 7) is 4.65. The van der Waals surface area contributed by atoms with Crippen molar-refractivity contribution < 1.29 is 0 Å². The van der Waals surface area contributed by atoms with E-state index in [0.29, 0.717) is 23.7 Å². The Balaban J connectivity index is 0.000000152. The maximum atomic E-state index is 6.29. The molecule has 4 bridgehead atoms. The van der Waals surface area contributed by atoms with E-state index in [9.17, 15) is 0 Å². The number of nitrogens with zero attached hydrogens (tertiary/aromatic N) is 4. The number of rotatable bonds is 8. The highest BCUT2D eigenvalue weighted by Gasteiger charge is 2.40. The standard InChI is InChI=1S/2C20H26N4/c21-16-12-17-8-9-18(13-16)24(17)11-10-14-4-6-15(7-5-14)19-2-1-3-20(22)23-19;21-19-3-1-2-18(23-19)15-6-4-14(5-7-15)10-11-24-12-16-8-9-17(13-24)20(16)22/h1-7,16-18H,8-13,21H2,(H2,22,23);1-7,16-17,20H,8-13,22H2,(H2,21,23). The molecule has 8 N–H and O–H groups in total. The summed E-state index contributed by atoms with van der Waals surface area (Å²) in [6, 6.07) is 31.3. The summed E-state index contributed by atoms with van der Waals surface area (Å²) in [5, 5.41) is 0. The van der Waals surface area contributed by atoms with Gasteiger partial charge in [0.05, 0.1) is 11.4 Å². The van der Waals surface area contributed by atoms with Crippen molar-refractivity contribution in [3.8, 4) is 22.5 Å². The number of hydrogen-bond donors (Lipinski definition) is 4. The Kier molecular flexibility index (Phi) is 10.0. The molecule has 8 rings (SSSR count). The summed E-state index contributed by atoms with van der Waals surface area (Å²) in [4.78, 5) is 14.1. The SMILES string of the molecule is Nc1cccc(-c2ccc(CCN3C4CCC3CC(N)C4)cc2)n1.Nc1cccc(-c2ccc(CCN3CC4CCC(C3)C4N)cc2)n1. The second-order valence-electron chi connectivity index (χ2n) is 14.6. The van der Waals surface area contributed by atoms with Gasteiger partial charge in [0.25, 0.3) is 0 Å². The monoisotopic (exact) mass is 644 g/mol. The molecule has 4 atom stereocenters. The average Bonchev–Trinajstić information content (AvgIpc) is 3.45. The summed E-state index contributed by atoms with van der Waals surface area (Å²) in [7, 11) is 0. The fourth-order valence-electron chi connectivity index (χ4n) is 8.68. The first-order valence-electron chi connectivity index (χ1n) is 18.0. The molecule has 8 nitrogen and oxygen atoms in total. The van der Waals surface area contributed by atoms with E-state index in [4.69, 9.17) is 22.9 Å². The quantitative estimate of drug-likeness (QED) is 0.201. The molecule has 2 aromatic carbocycles. The van der Waals surface area contributed by atoms with Crippen LogP contribution in [0.15, 0.2) is 84.9 Å². The Morgan fingerprint density at radius 1 is 0.583 bits per heavy atom. The largest absolute Gasteiger partial charge is 0.384 e. The Bertz CT molecular complexity index is 1610. The third-order valence-corrected chi connectivity index (χ3v) is 11.3. The average molecular weight is 645 g/mol. The smallest absolute Gasteiger partial charge is 0.124 e. The third kappa shape index (κ3) is 7.73. The lowest BCUT2D eigenvalue weighted by atomic mass is 9.93. The number of hydrogen-bond acceptors (Lipinski definition) is 8. The van der Waals surface area contributed by atoms with Gasteiger partial charge in [-0.25, -0.2) is 9.97 Å². The molecule has 48 heavy (non-hydrogen) atoms. The van der Waals surface area contributed by atoms with Gasteiger partial charge in [-0.1, -0.05) is 60.7 Å². The number of anilines is 2. The summed E-state index contributed by atoms with van der Waals surface area (Å²) in [5.41, 5.74) is 30.9. The van der Waals surface area contributed by atoms with Gasteiger partial charge >= 0.3 is 0 Å². The van der Waals surface area contributed by atoms with Crippen molar-refractivity contribution >= 4 is 11.6 Å². The fourth-order valence-corrected chi connectivity index (χ4v) is 8.68. The van der Waals surface area contributed by atoms with Crippen molar-refractivity contribution in [2.45, 2.75) is 75.5 Å². The molecule has 4 aromatic rings. The van der Waals surface area contributed by atoms with Crippen molar-refractivity contribution in [1.82, 2.24) is 19.8 Å². The first kappa shape index (κ1) is 32.7. The highest BCUT2D eigenvalue weighted by Crippen LogP contribution is 2.36. The van der Waals surface area contributed by atoms with Crippen molar-refractivity contribution in [2.24, 2.45) is 23.3 Å². The molecule has 252 valence electrons. The molecule has 4 aliphatic rings. The highest BCUT2D eigenvalue weighted by atomic mass is 15.2. The van der Waals surface area contributed by atoms with Crippen molar-refractivity contribution in [2.75, 3.05) is 37.6 Å². The summed E-state index contributed by atoms with van der Waals surface area (Å²) in [6.07, 6.45) is 9.87. The van der Waals surface area contributed by atoms with Crippen LogP contribution >= 0.6 is 0 Å². The molecule has 0 spiro atoms. The zero-order chi connectivity index (χ0) is 33.0. The van der Waals surface area contributed by atoms with Crippen molar-refractivity contribution in [3.63, 3.8) is 0 Å². The number of piperidine rings is 2. The lowest BCUT2D eigenvalue weighted by Gasteiger charge is -2.37. The first-order chi connectivity index (χ1) is 23.4.